The molecule has 0 saturated heterocycles. The number of hydrogen-bond donors (Lipinski definition) is 1. The topological polar surface area (TPSA) is 41.6 Å². The Labute approximate surface area is 90.6 Å². The Morgan fingerprint density at radius 2 is 2.07 bits per heavy atom. The zero-order valence-corrected chi connectivity index (χ0v) is 9.27. The first-order chi connectivity index (χ1) is 7.22. The van der Waals surface area contributed by atoms with Gasteiger partial charge in [-0.05, 0) is 25.5 Å². The monoisotopic (exact) mass is 203 g/mol. The van der Waals surface area contributed by atoms with E-state index < -0.39 is 0 Å². The maximum atomic E-state index is 5.89. The molecule has 1 aliphatic rings. The summed E-state index contributed by atoms with van der Waals surface area (Å²) in [5, 5.41) is 0. The van der Waals surface area contributed by atoms with Crippen molar-refractivity contribution in [3.05, 3.63) is 29.8 Å². The molecule has 1 atom stereocenters. The van der Waals surface area contributed by atoms with Crippen molar-refractivity contribution in [1.82, 2.24) is 0 Å². The maximum absolute atomic E-state index is 5.89. The molecule has 0 aliphatic carbocycles. The van der Waals surface area contributed by atoms with E-state index >= 15 is 0 Å². The zero-order valence-electron chi connectivity index (χ0n) is 9.27. The van der Waals surface area contributed by atoms with E-state index in [0.717, 1.165) is 18.7 Å². The second-order valence-electron chi connectivity index (χ2n) is 3.97. The van der Waals surface area contributed by atoms with Crippen LogP contribution in [0.1, 0.15) is 18.9 Å². The Hall–Kier alpha value is -1.51. The van der Waals surface area contributed by atoms with Crippen molar-refractivity contribution < 1.29 is 0 Å². The molecule has 15 heavy (non-hydrogen) atoms. The van der Waals surface area contributed by atoms with Crippen molar-refractivity contribution in [2.45, 2.75) is 26.3 Å². The first-order valence-corrected chi connectivity index (χ1v) is 5.38. The van der Waals surface area contributed by atoms with Crippen molar-refractivity contribution in [2.24, 2.45) is 10.7 Å². The molecule has 3 nitrogen and oxygen atoms in total. The van der Waals surface area contributed by atoms with Crippen molar-refractivity contribution in [3.63, 3.8) is 0 Å². The minimum atomic E-state index is 0.424. The minimum absolute atomic E-state index is 0.424. The van der Waals surface area contributed by atoms with Gasteiger partial charge < -0.3 is 10.6 Å². The van der Waals surface area contributed by atoms with Crippen LogP contribution in [0.5, 0.6) is 0 Å². The lowest BCUT2D eigenvalue weighted by Crippen LogP contribution is -2.40. The summed E-state index contributed by atoms with van der Waals surface area (Å²) < 4.78 is 0. The quantitative estimate of drug-likeness (QED) is 0.797. The van der Waals surface area contributed by atoms with Gasteiger partial charge in [-0.15, -0.1) is 0 Å². The lowest BCUT2D eigenvalue weighted by atomic mass is 10.1. The van der Waals surface area contributed by atoms with Crippen LogP contribution >= 0.6 is 0 Å². The normalized spacial score (nSPS) is 20.5. The van der Waals surface area contributed by atoms with Gasteiger partial charge in [0.2, 0.25) is 0 Å². The Kier molecular flexibility index (Phi) is 2.62. The highest BCUT2D eigenvalue weighted by atomic mass is 15.3. The average Bonchev–Trinajstić information content (AvgIpc) is 2.61. The van der Waals surface area contributed by atoms with Crippen molar-refractivity contribution in [3.8, 4) is 0 Å². The van der Waals surface area contributed by atoms with Gasteiger partial charge in [-0.1, -0.05) is 24.6 Å². The van der Waals surface area contributed by atoms with Crippen molar-refractivity contribution in [2.75, 3.05) is 11.4 Å². The highest BCUT2D eigenvalue weighted by molar-refractivity contribution is 5.97. The summed E-state index contributed by atoms with van der Waals surface area (Å²) in [5.41, 5.74) is 8.30. The van der Waals surface area contributed by atoms with E-state index in [-0.39, 0.29) is 0 Å². The highest BCUT2D eigenvalue weighted by Crippen LogP contribution is 2.22. The summed E-state index contributed by atoms with van der Waals surface area (Å²) >= 11 is 0. The van der Waals surface area contributed by atoms with Gasteiger partial charge in [0.1, 0.15) is 0 Å². The second kappa shape index (κ2) is 3.93. The van der Waals surface area contributed by atoms with E-state index in [0.29, 0.717) is 12.0 Å². The van der Waals surface area contributed by atoms with Gasteiger partial charge in [0.15, 0.2) is 5.96 Å². The van der Waals surface area contributed by atoms with Gasteiger partial charge in [0.25, 0.3) is 0 Å². The van der Waals surface area contributed by atoms with Crippen LogP contribution in [-0.2, 0) is 0 Å². The molecule has 0 fully saturated rings. The summed E-state index contributed by atoms with van der Waals surface area (Å²) in [6.45, 7) is 5.07. The third-order valence-electron chi connectivity index (χ3n) is 2.86. The zero-order chi connectivity index (χ0) is 10.8. The van der Waals surface area contributed by atoms with Crippen LogP contribution < -0.4 is 10.6 Å². The standard InChI is InChI=1S/C12H17N3/c1-3-10-8-14-12(13)15(10)11-6-4-9(2)5-7-11/h4-7,10H,3,8H2,1-2H3,(H2,13,14). The van der Waals surface area contributed by atoms with Gasteiger partial charge in [0.05, 0.1) is 12.6 Å². The number of benzene rings is 1. The lowest BCUT2D eigenvalue weighted by molar-refractivity contribution is 0.684. The molecule has 1 aromatic carbocycles. The molecule has 2 rings (SSSR count). The summed E-state index contributed by atoms with van der Waals surface area (Å²) in [6, 6.07) is 8.84. The third-order valence-corrected chi connectivity index (χ3v) is 2.86. The number of anilines is 1. The number of hydrogen-bond acceptors (Lipinski definition) is 3. The van der Waals surface area contributed by atoms with E-state index in [4.69, 9.17) is 5.73 Å². The van der Waals surface area contributed by atoms with Crippen molar-refractivity contribution in [1.29, 1.82) is 0 Å². The summed E-state index contributed by atoms with van der Waals surface area (Å²) in [5.74, 6) is 0.644. The Morgan fingerprint density at radius 3 is 2.67 bits per heavy atom. The Balaban J connectivity index is 2.28. The lowest BCUT2D eigenvalue weighted by Gasteiger charge is -2.25. The molecule has 0 bridgehead atoms. The molecular weight excluding hydrogens is 186 g/mol. The van der Waals surface area contributed by atoms with Gasteiger partial charge in [-0.25, -0.2) is 0 Å². The molecule has 0 amide bonds. The number of guanidine groups is 1. The van der Waals surface area contributed by atoms with Crippen LogP contribution in [0.3, 0.4) is 0 Å². The summed E-state index contributed by atoms with van der Waals surface area (Å²) in [4.78, 5) is 6.41. The number of rotatable bonds is 2. The van der Waals surface area contributed by atoms with E-state index in [1.165, 1.54) is 5.56 Å². The van der Waals surface area contributed by atoms with Crippen LogP contribution in [0.4, 0.5) is 5.69 Å². The number of aryl methyl sites for hydroxylation is 1. The number of nitrogens with zero attached hydrogens (tertiary/aromatic N) is 2. The van der Waals surface area contributed by atoms with Gasteiger partial charge >= 0.3 is 0 Å². The molecule has 2 N–H and O–H groups in total. The fourth-order valence-electron chi connectivity index (χ4n) is 1.90. The van der Waals surface area contributed by atoms with Crippen molar-refractivity contribution >= 4 is 11.6 Å². The second-order valence-corrected chi connectivity index (χ2v) is 3.97. The Bertz CT molecular complexity index is 367. The fourth-order valence-corrected chi connectivity index (χ4v) is 1.90. The van der Waals surface area contributed by atoms with Gasteiger partial charge in [0, 0.05) is 5.69 Å². The molecular formula is C12H17N3. The molecule has 1 heterocycles. The number of nitrogens with two attached hydrogens (primary N) is 1. The predicted octanol–water partition coefficient (Wildman–Crippen LogP) is 1.91. The molecule has 1 aromatic rings. The average molecular weight is 203 g/mol. The number of aliphatic imine (C=N–C) groups is 1. The first-order valence-electron chi connectivity index (χ1n) is 5.38. The largest absolute Gasteiger partial charge is 0.370 e. The molecule has 1 unspecified atom stereocenters. The van der Waals surface area contributed by atoms with E-state index in [9.17, 15) is 0 Å². The van der Waals surface area contributed by atoms with E-state index in [2.05, 4.69) is 48.0 Å². The molecule has 80 valence electrons. The van der Waals surface area contributed by atoms with Crippen LogP contribution in [0.25, 0.3) is 0 Å². The van der Waals surface area contributed by atoms with Crippen LogP contribution in [0.15, 0.2) is 29.3 Å². The first kappa shape index (κ1) is 10.0. The Morgan fingerprint density at radius 1 is 1.40 bits per heavy atom. The summed E-state index contributed by atoms with van der Waals surface area (Å²) in [6.07, 6.45) is 1.07. The van der Waals surface area contributed by atoms with Crippen LogP contribution in [-0.4, -0.2) is 18.5 Å². The SMILES string of the molecule is CCC1CN=C(N)N1c1ccc(C)cc1. The predicted molar refractivity (Wildman–Crippen MR) is 64.2 cm³/mol. The molecule has 0 aromatic heterocycles. The van der Waals surface area contributed by atoms with Crippen LogP contribution in [0, 0.1) is 6.92 Å². The van der Waals surface area contributed by atoms with Crippen LogP contribution in [0.2, 0.25) is 0 Å². The maximum Gasteiger partial charge on any atom is 0.196 e. The summed E-state index contributed by atoms with van der Waals surface area (Å²) in [7, 11) is 0. The van der Waals surface area contributed by atoms with Gasteiger partial charge in [-0.3, -0.25) is 4.99 Å². The molecule has 0 saturated carbocycles. The molecule has 3 heteroatoms. The minimum Gasteiger partial charge on any atom is -0.370 e. The van der Waals surface area contributed by atoms with E-state index in [1.54, 1.807) is 0 Å². The molecule has 0 radical (unpaired) electrons. The highest BCUT2D eigenvalue weighted by Gasteiger charge is 2.25. The van der Waals surface area contributed by atoms with Gasteiger partial charge in [-0.2, -0.15) is 0 Å². The fraction of sp³-hybridized carbons (Fsp3) is 0.417. The molecule has 0 spiro atoms. The van der Waals surface area contributed by atoms with E-state index in [1.807, 2.05) is 0 Å². The third kappa shape index (κ3) is 1.82. The smallest absolute Gasteiger partial charge is 0.196 e. The molecule has 1 aliphatic heterocycles.